The zero-order chi connectivity index (χ0) is 15.5. The van der Waals surface area contributed by atoms with Crippen LogP contribution in [0, 0.1) is 10.1 Å². The number of rotatable bonds is 3. The highest BCUT2D eigenvalue weighted by atomic mass is 16.6. The van der Waals surface area contributed by atoms with Gasteiger partial charge in [0, 0.05) is 23.7 Å². The van der Waals surface area contributed by atoms with E-state index in [-0.39, 0.29) is 11.4 Å². The maximum absolute atomic E-state index is 10.6. The van der Waals surface area contributed by atoms with E-state index in [4.69, 9.17) is 0 Å². The number of non-ortho nitro benzene ring substituents is 1. The minimum Gasteiger partial charge on any atom is -0.506 e. The number of nitro groups is 1. The summed E-state index contributed by atoms with van der Waals surface area (Å²) in [7, 11) is 0. The van der Waals surface area contributed by atoms with Crippen LogP contribution >= 0.6 is 0 Å². The summed E-state index contributed by atoms with van der Waals surface area (Å²) in [6.45, 7) is 0. The summed E-state index contributed by atoms with van der Waals surface area (Å²) in [6, 6.07) is 12.5. The average molecular weight is 294 g/mol. The lowest BCUT2D eigenvalue weighted by Gasteiger charge is -2.01. The summed E-state index contributed by atoms with van der Waals surface area (Å²) >= 11 is 0. The van der Waals surface area contributed by atoms with Gasteiger partial charge in [0.2, 0.25) is 0 Å². The van der Waals surface area contributed by atoms with E-state index in [0.717, 1.165) is 0 Å². The maximum Gasteiger partial charge on any atom is 0.269 e. The third kappa shape index (κ3) is 2.59. The van der Waals surface area contributed by atoms with Crippen LogP contribution in [-0.2, 0) is 0 Å². The first-order chi connectivity index (χ1) is 10.6. The van der Waals surface area contributed by atoms with Crippen LogP contribution in [0.15, 0.2) is 65.0 Å². The van der Waals surface area contributed by atoms with Crippen molar-refractivity contribution in [3.8, 4) is 5.75 Å². The van der Waals surface area contributed by atoms with E-state index in [1.807, 2.05) is 0 Å². The highest BCUT2D eigenvalue weighted by Crippen LogP contribution is 2.30. The number of hydrogen-bond acceptors (Lipinski definition) is 6. The zero-order valence-corrected chi connectivity index (χ0v) is 11.2. The zero-order valence-electron chi connectivity index (χ0n) is 11.2. The number of nitro benzene ring substituents is 1. The van der Waals surface area contributed by atoms with Crippen LogP contribution in [0.2, 0.25) is 0 Å². The number of azo groups is 1. The highest BCUT2D eigenvalue weighted by molar-refractivity contribution is 5.92. The number of phenolic OH excluding ortho intramolecular Hbond substituents is 1. The van der Waals surface area contributed by atoms with E-state index in [1.54, 1.807) is 24.3 Å². The summed E-state index contributed by atoms with van der Waals surface area (Å²) in [5, 5.41) is 29.2. The number of nitrogens with zero attached hydrogens (tertiary/aromatic N) is 4. The first-order valence-corrected chi connectivity index (χ1v) is 6.38. The first-order valence-electron chi connectivity index (χ1n) is 6.38. The quantitative estimate of drug-likeness (QED) is 0.443. The highest BCUT2D eigenvalue weighted by Gasteiger charge is 2.05. The molecule has 0 aliphatic rings. The molecule has 1 N–H and O–H groups in total. The molecule has 3 aromatic rings. The van der Waals surface area contributed by atoms with Gasteiger partial charge < -0.3 is 5.11 Å². The fourth-order valence-electron chi connectivity index (χ4n) is 1.99. The molecule has 0 saturated heterocycles. The molecule has 0 aliphatic heterocycles. The minimum atomic E-state index is -0.472. The largest absolute Gasteiger partial charge is 0.506 e. The van der Waals surface area contributed by atoms with Crippen molar-refractivity contribution in [3.05, 3.63) is 64.8 Å². The van der Waals surface area contributed by atoms with Crippen molar-refractivity contribution in [2.24, 2.45) is 10.2 Å². The predicted molar refractivity (Wildman–Crippen MR) is 80.7 cm³/mol. The topological polar surface area (TPSA) is 101 Å². The van der Waals surface area contributed by atoms with Crippen molar-refractivity contribution in [1.29, 1.82) is 0 Å². The van der Waals surface area contributed by atoms with E-state index in [0.29, 0.717) is 22.3 Å². The molecule has 0 amide bonds. The maximum atomic E-state index is 10.6. The van der Waals surface area contributed by atoms with Gasteiger partial charge in [0.05, 0.1) is 16.3 Å². The second kappa shape index (κ2) is 5.57. The molecule has 0 fully saturated rings. The van der Waals surface area contributed by atoms with Crippen molar-refractivity contribution < 1.29 is 10.0 Å². The molecule has 2 aromatic carbocycles. The number of benzene rings is 2. The third-order valence-corrected chi connectivity index (χ3v) is 3.06. The van der Waals surface area contributed by atoms with Gasteiger partial charge in [-0.2, -0.15) is 5.11 Å². The Morgan fingerprint density at radius 2 is 1.82 bits per heavy atom. The Balaban J connectivity index is 1.96. The number of phenols is 1. The molecule has 0 radical (unpaired) electrons. The summed E-state index contributed by atoms with van der Waals surface area (Å²) < 4.78 is 0. The molecule has 3 rings (SSSR count). The van der Waals surface area contributed by atoms with Gasteiger partial charge in [-0.25, -0.2) is 0 Å². The molecule has 1 heterocycles. The first kappa shape index (κ1) is 13.6. The van der Waals surface area contributed by atoms with Crippen molar-refractivity contribution in [1.82, 2.24) is 4.98 Å². The van der Waals surface area contributed by atoms with Crippen molar-refractivity contribution in [2.45, 2.75) is 0 Å². The van der Waals surface area contributed by atoms with Crippen LogP contribution in [0.1, 0.15) is 0 Å². The van der Waals surface area contributed by atoms with E-state index in [1.165, 1.54) is 30.5 Å². The van der Waals surface area contributed by atoms with E-state index < -0.39 is 4.92 Å². The number of hydrogen-bond donors (Lipinski definition) is 1. The number of para-hydroxylation sites is 1. The molecule has 0 spiro atoms. The van der Waals surface area contributed by atoms with Gasteiger partial charge >= 0.3 is 0 Å². The van der Waals surface area contributed by atoms with Crippen LogP contribution in [-0.4, -0.2) is 15.0 Å². The minimum absolute atomic E-state index is 0.00164. The second-order valence-corrected chi connectivity index (χ2v) is 4.48. The summed E-state index contributed by atoms with van der Waals surface area (Å²) in [4.78, 5) is 14.2. The Kier molecular flexibility index (Phi) is 3.45. The fraction of sp³-hybridized carbons (Fsp3) is 0. The molecular formula is C15H10N4O3. The summed E-state index contributed by atoms with van der Waals surface area (Å²) in [5.41, 5.74) is 1.50. The number of pyridine rings is 1. The Morgan fingerprint density at radius 3 is 2.55 bits per heavy atom. The SMILES string of the molecule is O=[N+]([O-])c1ccc(N=Nc2ccnc3c(O)cccc23)cc1. The third-order valence-electron chi connectivity index (χ3n) is 3.06. The Bertz CT molecular complexity index is 876. The molecule has 7 heteroatoms. The number of aromatic nitrogens is 1. The van der Waals surface area contributed by atoms with E-state index in [2.05, 4.69) is 15.2 Å². The molecule has 108 valence electrons. The standard InChI is InChI=1S/C15H10N4O3/c20-14-3-1-2-12-13(8-9-16-15(12)14)18-17-10-4-6-11(7-5-10)19(21)22/h1-9,20H. The smallest absolute Gasteiger partial charge is 0.269 e. The molecule has 0 saturated carbocycles. The van der Waals surface area contributed by atoms with Crippen LogP contribution in [0.5, 0.6) is 5.75 Å². The molecule has 0 bridgehead atoms. The molecule has 22 heavy (non-hydrogen) atoms. The Labute approximate surface area is 124 Å². The fourth-order valence-corrected chi connectivity index (χ4v) is 1.99. The van der Waals surface area contributed by atoms with Gasteiger partial charge in [0.25, 0.3) is 5.69 Å². The monoisotopic (exact) mass is 294 g/mol. The van der Waals surface area contributed by atoms with Gasteiger partial charge in [0.15, 0.2) is 0 Å². The lowest BCUT2D eigenvalue weighted by atomic mass is 10.2. The molecule has 0 unspecified atom stereocenters. The van der Waals surface area contributed by atoms with Crippen LogP contribution in [0.3, 0.4) is 0 Å². The lowest BCUT2D eigenvalue weighted by molar-refractivity contribution is -0.384. The van der Waals surface area contributed by atoms with Crippen LogP contribution in [0.25, 0.3) is 10.9 Å². The number of aromatic hydroxyl groups is 1. The van der Waals surface area contributed by atoms with Gasteiger partial charge in [-0.15, -0.1) is 5.11 Å². The molecule has 0 atom stereocenters. The average Bonchev–Trinajstić information content (AvgIpc) is 2.54. The van der Waals surface area contributed by atoms with Crippen LogP contribution < -0.4 is 0 Å². The molecular weight excluding hydrogens is 284 g/mol. The Morgan fingerprint density at radius 1 is 1.05 bits per heavy atom. The lowest BCUT2D eigenvalue weighted by Crippen LogP contribution is -1.85. The van der Waals surface area contributed by atoms with Crippen molar-refractivity contribution in [3.63, 3.8) is 0 Å². The molecule has 1 aromatic heterocycles. The normalized spacial score (nSPS) is 11.1. The molecule has 7 nitrogen and oxygen atoms in total. The van der Waals surface area contributed by atoms with Crippen LogP contribution in [0.4, 0.5) is 17.1 Å². The molecule has 0 aliphatic carbocycles. The predicted octanol–water partition coefficient (Wildman–Crippen LogP) is 4.26. The van der Waals surface area contributed by atoms with E-state index >= 15 is 0 Å². The Hall–Kier alpha value is -3.35. The van der Waals surface area contributed by atoms with Crippen molar-refractivity contribution >= 4 is 28.0 Å². The second-order valence-electron chi connectivity index (χ2n) is 4.48. The van der Waals surface area contributed by atoms with Crippen molar-refractivity contribution in [2.75, 3.05) is 0 Å². The van der Waals surface area contributed by atoms with Gasteiger partial charge in [0.1, 0.15) is 11.3 Å². The summed E-state index contributed by atoms with van der Waals surface area (Å²) in [6.07, 6.45) is 1.53. The number of fused-ring (bicyclic) bond motifs is 1. The summed E-state index contributed by atoms with van der Waals surface area (Å²) in [5.74, 6) is 0.0740. The van der Waals surface area contributed by atoms with Gasteiger partial charge in [-0.1, -0.05) is 12.1 Å². The van der Waals surface area contributed by atoms with Gasteiger partial charge in [-0.05, 0) is 24.3 Å². The van der Waals surface area contributed by atoms with Gasteiger partial charge in [-0.3, -0.25) is 15.1 Å². The van der Waals surface area contributed by atoms with E-state index in [9.17, 15) is 15.2 Å².